The van der Waals surface area contributed by atoms with E-state index in [9.17, 15) is 23.1 Å². The van der Waals surface area contributed by atoms with Crippen molar-refractivity contribution >= 4 is 17.5 Å². The number of alkyl halides is 3. The van der Waals surface area contributed by atoms with Crippen LogP contribution in [0.2, 0.25) is 5.02 Å². The number of nitrogens with one attached hydrogen (secondary N) is 1. The molecule has 0 radical (unpaired) electrons. The molecule has 3 aromatic rings. The van der Waals surface area contributed by atoms with Crippen LogP contribution in [0.5, 0.6) is 0 Å². The molecule has 0 unspecified atom stereocenters. The van der Waals surface area contributed by atoms with E-state index in [1.54, 1.807) is 0 Å². The van der Waals surface area contributed by atoms with Gasteiger partial charge in [-0.15, -0.1) is 0 Å². The third-order valence-corrected chi connectivity index (χ3v) is 4.83. The van der Waals surface area contributed by atoms with Gasteiger partial charge in [0.05, 0.1) is 29.6 Å². The molecule has 5 nitrogen and oxygen atoms in total. The van der Waals surface area contributed by atoms with Gasteiger partial charge in [0.15, 0.2) is 5.69 Å². The van der Waals surface area contributed by atoms with E-state index in [1.165, 1.54) is 31.2 Å². The minimum absolute atomic E-state index is 0.114. The average molecular weight is 438 g/mol. The lowest BCUT2D eigenvalue weighted by atomic mass is 10.0. The molecule has 0 fully saturated rings. The molecule has 0 saturated carbocycles. The van der Waals surface area contributed by atoms with Crippen molar-refractivity contribution < 1.29 is 23.1 Å². The molecule has 2 atom stereocenters. The van der Waals surface area contributed by atoms with Gasteiger partial charge in [-0.25, -0.2) is 4.68 Å². The monoisotopic (exact) mass is 437 g/mol. The molecule has 2 N–H and O–H groups in total. The number of rotatable bonds is 6. The number of aromatic nitrogens is 2. The first-order chi connectivity index (χ1) is 14.2. The first kappa shape index (κ1) is 21.9. The van der Waals surface area contributed by atoms with Crippen molar-refractivity contribution in [2.24, 2.45) is 0 Å². The number of amides is 1. The fraction of sp³-hybridized carbons (Fsp3) is 0.238. The summed E-state index contributed by atoms with van der Waals surface area (Å²) in [4.78, 5) is 12.6. The number of halogens is 4. The van der Waals surface area contributed by atoms with Crippen LogP contribution < -0.4 is 5.32 Å². The van der Waals surface area contributed by atoms with Gasteiger partial charge in [0.25, 0.3) is 5.91 Å². The van der Waals surface area contributed by atoms with E-state index in [0.717, 1.165) is 11.8 Å². The predicted octanol–water partition coefficient (Wildman–Crippen LogP) is 4.27. The van der Waals surface area contributed by atoms with Crippen LogP contribution in [0, 0.1) is 0 Å². The summed E-state index contributed by atoms with van der Waals surface area (Å²) in [6, 6.07) is 13.9. The highest BCUT2D eigenvalue weighted by Crippen LogP contribution is 2.34. The number of carbonyl (C=O) groups is 1. The van der Waals surface area contributed by atoms with E-state index >= 15 is 0 Å². The Morgan fingerprint density at radius 1 is 1.17 bits per heavy atom. The summed E-state index contributed by atoms with van der Waals surface area (Å²) in [5.41, 5.74) is -0.871. The van der Waals surface area contributed by atoms with Gasteiger partial charge in [0.1, 0.15) is 0 Å². The van der Waals surface area contributed by atoms with Crippen molar-refractivity contribution in [1.82, 2.24) is 15.1 Å². The van der Waals surface area contributed by atoms with Gasteiger partial charge in [0, 0.05) is 11.4 Å². The van der Waals surface area contributed by atoms with Crippen molar-refractivity contribution in [2.75, 3.05) is 0 Å². The lowest BCUT2D eigenvalue weighted by Crippen LogP contribution is -2.42. The van der Waals surface area contributed by atoms with Crippen molar-refractivity contribution in [3.05, 3.63) is 82.6 Å². The van der Waals surface area contributed by atoms with Gasteiger partial charge in [-0.3, -0.25) is 4.79 Å². The van der Waals surface area contributed by atoms with Gasteiger partial charge >= 0.3 is 6.18 Å². The summed E-state index contributed by atoms with van der Waals surface area (Å²) in [7, 11) is 0. The zero-order valence-corrected chi connectivity index (χ0v) is 16.7. The van der Waals surface area contributed by atoms with E-state index in [-0.39, 0.29) is 12.1 Å². The topological polar surface area (TPSA) is 67.2 Å². The smallest absolute Gasteiger partial charge is 0.391 e. The second-order valence-electron chi connectivity index (χ2n) is 6.81. The molecule has 0 aliphatic rings. The van der Waals surface area contributed by atoms with Crippen molar-refractivity contribution in [3.63, 3.8) is 0 Å². The van der Waals surface area contributed by atoms with Crippen LogP contribution in [0.25, 0.3) is 5.69 Å². The molecule has 30 heavy (non-hydrogen) atoms. The Labute approximate surface area is 176 Å². The largest absolute Gasteiger partial charge is 0.434 e. The van der Waals surface area contributed by atoms with Crippen LogP contribution in [-0.4, -0.2) is 32.9 Å². The maximum atomic E-state index is 13.7. The van der Waals surface area contributed by atoms with Crippen LogP contribution >= 0.6 is 11.6 Å². The third kappa shape index (κ3) is 5.01. The zero-order valence-electron chi connectivity index (χ0n) is 15.9. The minimum atomic E-state index is -4.82. The molecule has 0 aliphatic heterocycles. The summed E-state index contributed by atoms with van der Waals surface area (Å²) >= 11 is 5.79. The summed E-state index contributed by atoms with van der Waals surface area (Å²) in [5.74, 6) is -0.970. The number of aliphatic hydroxyl groups is 1. The molecule has 1 amide bonds. The SMILES string of the molecule is C[C@@H](NC(=O)c1cnn(-c2ccc(Cl)cc2)c1C(F)(F)F)[C@H](O)Cc1ccccc1. The van der Waals surface area contributed by atoms with E-state index < -0.39 is 35.5 Å². The predicted molar refractivity (Wildman–Crippen MR) is 107 cm³/mol. The Kier molecular flexibility index (Phi) is 6.48. The highest BCUT2D eigenvalue weighted by atomic mass is 35.5. The standard InChI is InChI=1S/C21H19ClF3N3O2/c1-13(18(29)11-14-5-3-2-4-6-14)27-20(30)17-12-26-28(19(17)21(23,24)25)16-9-7-15(22)8-10-16/h2-10,12-13,18,29H,11H2,1H3,(H,27,30)/t13-,18-/m1/s1. The fourth-order valence-electron chi connectivity index (χ4n) is 2.98. The highest BCUT2D eigenvalue weighted by molar-refractivity contribution is 6.30. The van der Waals surface area contributed by atoms with Gasteiger partial charge < -0.3 is 10.4 Å². The number of hydrogen-bond acceptors (Lipinski definition) is 3. The zero-order chi connectivity index (χ0) is 21.9. The van der Waals surface area contributed by atoms with Gasteiger partial charge in [-0.1, -0.05) is 41.9 Å². The number of nitrogens with zero attached hydrogens (tertiary/aromatic N) is 2. The number of benzene rings is 2. The van der Waals surface area contributed by atoms with Gasteiger partial charge in [-0.05, 0) is 36.8 Å². The number of hydrogen-bond donors (Lipinski definition) is 2. The average Bonchev–Trinajstić information content (AvgIpc) is 3.15. The molecule has 0 spiro atoms. The Balaban J connectivity index is 1.82. The molecule has 1 heterocycles. The summed E-state index contributed by atoms with van der Waals surface area (Å²) < 4.78 is 41.9. The van der Waals surface area contributed by atoms with Gasteiger partial charge in [0.2, 0.25) is 0 Å². The Morgan fingerprint density at radius 2 is 1.80 bits per heavy atom. The fourth-order valence-corrected chi connectivity index (χ4v) is 3.10. The molecule has 0 saturated heterocycles. The second kappa shape index (κ2) is 8.89. The number of carbonyl (C=O) groups excluding carboxylic acids is 1. The van der Waals surface area contributed by atoms with Crippen LogP contribution in [0.4, 0.5) is 13.2 Å². The molecule has 2 aromatic carbocycles. The van der Waals surface area contributed by atoms with Crippen LogP contribution in [-0.2, 0) is 12.6 Å². The molecular formula is C21H19ClF3N3O2. The molecule has 3 rings (SSSR count). The van der Waals surface area contributed by atoms with Crippen molar-refractivity contribution in [1.29, 1.82) is 0 Å². The van der Waals surface area contributed by atoms with Crippen LogP contribution in [0.15, 0.2) is 60.8 Å². The third-order valence-electron chi connectivity index (χ3n) is 4.58. The summed E-state index contributed by atoms with van der Waals surface area (Å²) in [6.45, 7) is 1.53. The molecule has 9 heteroatoms. The van der Waals surface area contributed by atoms with Crippen LogP contribution in [0.3, 0.4) is 0 Å². The van der Waals surface area contributed by atoms with Gasteiger partial charge in [-0.2, -0.15) is 18.3 Å². The maximum Gasteiger partial charge on any atom is 0.434 e. The van der Waals surface area contributed by atoms with E-state index in [0.29, 0.717) is 9.70 Å². The first-order valence-electron chi connectivity index (χ1n) is 9.11. The molecule has 158 valence electrons. The first-order valence-corrected chi connectivity index (χ1v) is 9.48. The normalized spacial score (nSPS) is 13.7. The lowest BCUT2D eigenvalue weighted by Gasteiger charge is -2.21. The Hall–Kier alpha value is -2.84. The highest BCUT2D eigenvalue weighted by Gasteiger charge is 2.40. The molecule has 0 bridgehead atoms. The lowest BCUT2D eigenvalue weighted by molar-refractivity contribution is -0.143. The second-order valence-corrected chi connectivity index (χ2v) is 7.25. The quantitative estimate of drug-likeness (QED) is 0.605. The summed E-state index contributed by atoms with van der Waals surface area (Å²) in [5, 5.41) is 16.9. The molecule has 0 aliphatic carbocycles. The molecule has 1 aromatic heterocycles. The van der Waals surface area contributed by atoms with E-state index in [2.05, 4.69) is 10.4 Å². The maximum absolute atomic E-state index is 13.7. The number of aliphatic hydroxyl groups excluding tert-OH is 1. The van der Waals surface area contributed by atoms with E-state index in [1.807, 2.05) is 30.3 Å². The van der Waals surface area contributed by atoms with Crippen molar-refractivity contribution in [2.45, 2.75) is 31.7 Å². The molecular weight excluding hydrogens is 419 g/mol. The minimum Gasteiger partial charge on any atom is -0.391 e. The Morgan fingerprint density at radius 3 is 2.40 bits per heavy atom. The Bertz CT molecular complexity index is 1000. The van der Waals surface area contributed by atoms with E-state index in [4.69, 9.17) is 11.6 Å². The summed E-state index contributed by atoms with van der Waals surface area (Å²) in [6.07, 6.45) is -4.69. The van der Waals surface area contributed by atoms with Crippen LogP contribution in [0.1, 0.15) is 28.5 Å². The van der Waals surface area contributed by atoms with Crippen molar-refractivity contribution in [3.8, 4) is 5.69 Å².